The molecule has 2 N–H and O–H groups in total. The largest absolute Gasteiger partial charge is 0.483 e. The number of carbonyl (C=O) groups is 2. The molecule has 0 aromatic carbocycles. The van der Waals surface area contributed by atoms with Crippen molar-refractivity contribution in [1.29, 1.82) is 0 Å². The lowest BCUT2D eigenvalue weighted by atomic mass is 10.3. The molecule has 1 saturated heterocycles. The lowest BCUT2D eigenvalue weighted by Gasteiger charge is -2.34. The van der Waals surface area contributed by atoms with E-state index >= 15 is 0 Å². The fraction of sp³-hybridized carbons (Fsp3) is 0.650. The van der Waals surface area contributed by atoms with E-state index in [1.165, 1.54) is 13.1 Å². The number of carboxylic acid groups (broad SMARTS) is 1. The molecule has 0 atom stereocenters. The van der Waals surface area contributed by atoms with E-state index in [9.17, 15) is 4.79 Å². The van der Waals surface area contributed by atoms with Crippen molar-refractivity contribution in [2.75, 3.05) is 45.8 Å². The molecule has 2 heterocycles. The highest BCUT2D eigenvalue weighted by molar-refractivity contribution is 5.74. The van der Waals surface area contributed by atoms with Gasteiger partial charge in [0.25, 0.3) is 6.47 Å². The third kappa shape index (κ3) is 7.82. The highest BCUT2D eigenvalue weighted by Crippen LogP contribution is 2.28. The van der Waals surface area contributed by atoms with Gasteiger partial charge in [0.05, 0.1) is 12.2 Å². The van der Waals surface area contributed by atoms with Crippen molar-refractivity contribution in [3.05, 3.63) is 30.1 Å². The molecular formula is C20H33N5O3. The Morgan fingerprint density at radius 1 is 1.29 bits per heavy atom. The van der Waals surface area contributed by atoms with Crippen LogP contribution < -0.4 is 5.32 Å². The summed E-state index contributed by atoms with van der Waals surface area (Å²) in [4.78, 5) is 32.2. The zero-order valence-electron chi connectivity index (χ0n) is 16.8. The number of carbonyl (C=O) groups excluding carboxylic acids is 1. The van der Waals surface area contributed by atoms with Gasteiger partial charge in [-0.3, -0.25) is 9.78 Å². The molecule has 0 unspecified atom stereocenters. The van der Waals surface area contributed by atoms with Gasteiger partial charge in [-0.25, -0.2) is 4.79 Å². The van der Waals surface area contributed by atoms with Crippen molar-refractivity contribution in [2.45, 2.75) is 38.8 Å². The van der Waals surface area contributed by atoms with E-state index in [-0.39, 0.29) is 12.5 Å². The molecule has 1 saturated carbocycles. The van der Waals surface area contributed by atoms with E-state index in [2.05, 4.69) is 27.0 Å². The summed E-state index contributed by atoms with van der Waals surface area (Å²) in [5, 5.41) is 9.99. The van der Waals surface area contributed by atoms with Gasteiger partial charge < -0.3 is 25.1 Å². The number of aromatic nitrogens is 1. The fourth-order valence-corrected chi connectivity index (χ4v) is 3.35. The first-order chi connectivity index (χ1) is 13.7. The summed E-state index contributed by atoms with van der Waals surface area (Å²) in [5.74, 6) is 0. The molecule has 2 aliphatic rings. The third-order valence-corrected chi connectivity index (χ3v) is 5.15. The summed E-state index contributed by atoms with van der Waals surface area (Å²) in [6.45, 7) is 10.2. The smallest absolute Gasteiger partial charge is 0.318 e. The Bertz CT molecular complexity index is 574. The molecule has 2 fully saturated rings. The molecule has 1 aliphatic heterocycles. The summed E-state index contributed by atoms with van der Waals surface area (Å²) in [5.41, 5.74) is 0.957. The molecule has 0 spiro atoms. The first-order valence-corrected chi connectivity index (χ1v) is 10.1. The van der Waals surface area contributed by atoms with E-state index in [0.29, 0.717) is 12.6 Å². The molecule has 8 nitrogen and oxygen atoms in total. The highest BCUT2D eigenvalue weighted by atomic mass is 16.3. The van der Waals surface area contributed by atoms with Gasteiger partial charge >= 0.3 is 6.03 Å². The van der Waals surface area contributed by atoms with E-state index in [4.69, 9.17) is 9.90 Å². The highest BCUT2D eigenvalue weighted by Gasteiger charge is 2.32. The molecule has 1 aromatic heterocycles. The molecule has 28 heavy (non-hydrogen) atoms. The van der Waals surface area contributed by atoms with Gasteiger partial charge in [-0.05, 0) is 44.5 Å². The van der Waals surface area contributed by atoms with Gasteiger partial charge in [-0.1, -0.05) is 13.0 Å². The molecule has 1 aromatic rings. The topological polar surface area (TPSA) is 89.0 Å². The SMILES string of the molecule is CCN1CCN(CCCNC(=O)N(Cc2ccccn2)C2CC2)CC1.O=CO. The summed E-state index contributed by atoms with van der Waals surface area (Å²) in [6.07, 6.45) is 5.03. The first kappa shape index (κ1) is 22.1. The number of likely N-dealkylation sites (N-methyl/N-ethyl adjacent to an activating group) is 1. The maximum Gasteiger partial charge on any atom is 0.318 e. The van der Waals surface area contributed by atoms with Gasteiger partial charge in [0.1, 0.15) is 0 Å². The summed E-state index contributed by atoms with van der Waals surface area (Å²) < 4.78 is 0. The van der Waals surface area contributed by atoms with Crippen LogP contribution >= 0.6 is 0 Å². The van der Waals surface area contributed by atoms with Crippen LogP contribution in [0.4, 0.5) is 4.79 Å². The standard InChI is InChI=1S/C19H31N5O.CH2O2/c1-2-22-12-14-23(15-13-22)11-5-10-21-19(25)24(18-7-8-18)16-17-6-3-4-9-20-17;2-1-3/h3-4,6,9,18H,2,5,7-8,10-16H2,1H3,(H,21,25);1H,(H,2,3). The summed E-state index contributed by atoms with van der Waals surface area (Å²) >= 11 is 0. The Hall–Kier alpha value is -2.19. The third-order valence-electron chi connectivity index (χ3n) is 5.15. The van der Waals surface area contributed by atoms with Crippen molar-refractivity contribution in [2.24, 2.45) is 0 Å². The summed E-state index contributed by atoms with van der Waals surface area (Å²) in [6, 6.07) is 6.32. The van der Waals surface area contributed by atoms with Crippen LogP contribution in [-0.2, 0) is 11.3 Å². The number of pyridine rings is 1. The lowest BCUT2D eigenvalue weighted by Crippen LogP contribution is -2.47. The second-order valence-corrected chi connectivity index (χ2v) is 7.15. The van der Waals surface area contributed by atoms with Gasteiger partial charge in [0.15, 0.2) is 0 Å². The number of hydrogen-bond donors (Lipinski definition) is 2. The van der Waals surface area contributed by atoms with Crippen molar-refractivity contribution >= 4 is 12.5 Å². The Kier molecular flexibility index (Phi) is 9.71. The molecule has 8 heteroatoms. The molecule has 0 bridgehead atoms. The molecule has 1 aliphatic carbocycles. The maximum absolute atomic E-state index is 12.5. The van der Waals surface area contributed by atoms with E-state index in [0.717, 1.165) is 57.7 Å². The molecule has 2 amide bonds. The molecule has 156 valence electrons. The Morgan fingerprint density at radius 2 is 1.96 bits per heavy atom. The van der Waals surface area contributed by atoms with Crippen LogP contribution in [0.25, 0.3) is 0 Å². The van der Waals surface area contributed by atoms with Gasteiger partial charge in [0.2, 0.25) is 0 Å². The van der Waals surface area contributed by atoms with Crippen LogP contribution in [0.5, 0.6) is 0 Å². The minimum Gasteiger partial charge on any atom is -0.483 e. The second kappa shape index (κ2) is 12.3. The van der Waals surface area contributed by atoms with Crippen molar-refractivity contribution in [1.82, 2.24) is 25.0 Å². The Morgan fingerprint density at radius 3 is 2.54 bits per heavy atom. The Labute approximate surface area is 167 Å². The summed E-state index contributed by atoms with van der Waals surface area (Å²) in [7, 11) is 0. The normalized spacial score (nSPS) is 17.3. The van der Waals surface area contributed by atoms with E-state index in [1.807, 2.05) is 23.1 Å². The van der Waals surface area contributed by atoms with Crippen LogP contribution in [0.3, 0.4) is 0 Å². The minimum atomic E-state index is -0.250. The van der Waals surface area contributed by atoms with Gasteiger partial charge in [-0.15, -0.1) is 0 Å². The van der Waals surface area contributed by atoms with Gasteiger partial charge in [0, 0.05) is 45.0 Å². The lowest BCUT2D eigenvalue weighted by molar-refractivity contribution is -0.122. The van der Waals surface area contributed by atoms with E-state index < -0.39 is 0 Å². The quantitative estimate of drug-likeness (QED) is 0.516. The van der Waals surface area contributed by atoms with Crippen molar-refractivity contribution in [3.63, 3.8) is 0 Å². The van der Waals surface area contributed by atoms with Gasteiger partial charge in [-0.2, -0.15) is 0 Å². The van der Waals surface area contributed by atoms with Crippen LogP contribution in [-0.4, -0.2) is 89.1 Å². The number of hydrogen-bond acceptors (Lipinski definition) is 5. The maximum atomic E-state index is 12.5. The zero-order chi connectivity index (χ0) is 20.2. The molecule has 0 radical (unpaired) electrons. The number of nitrogens with zero attached hydrogens (tertiary/aromatic N) is 4. The minimum absolute atomic E-state index is 0.0592. The number of nitrogens with one attached hydrogen (secondary N) is 1. The molecule has 3 rings (SSSR count). The van der Waals surface area contributed by atoms with Crippen LogP contribution in [0.1, 0.15) is 31.9 Å². The number of piperazine rings is 1. The molecular weight excluding hydrogens is 358 g/mol. The number of urea groups is 1. The fourth-order valence-electron chi connectivity index (χ4n) is 3.35. The average Bonchev–Trinajstić information content (AvgIpc) is 3.56. The second-order valence-electron chi connectivity index (χ2n) is 7.15. The van der Waals surface area contributed by atoms with Crippen LogP contribution in [0.15, 0.2) is 24.4 Å². The van der Waals surface area contributed by atoms with Crippen LogP contribution in [0, 0.1) is 0 Å². The van der Waals surface area contributed by atoms with Crippen molar-refractivity contribution in [3.8, 4) is 0 Å². The van der Waals surface area contributed by atoms with Crippen LogP contribution in [0.2, 0.25) is 0 Å². The predicted octanol–water partition coefficient (Wildman–Crippen LogP) is 1.48. The van der Waals surface area contributed by atoms with Crippen molar-refractivity contribution < 1.29 is 14.7 Å². The number of amides is 2. The zero-order valence-corrected chi connectivity index (χ0v) is 16.8. The first-order valence-electron chi connectivity index (χ1n) is 10.1. The average molecular weight is 392 g/mol. The Balaban J connectivity index is 0.000000878. The van der Waals surface area contributed by atoms with E-state index in [1.54, 1.807) is 6.20 Å². The monoisotopic (exact) mass is 391 g/mol. The predicted molar refractivity (Wildman–Crippen MR) is 108 cm³/mol. The number of rotatable bonds is 8.